The Morgan fingerprint density at radius 3 is 2.89 bits per heavy atom. The first-order valence-corrected chi connectivity index (χ1v) is 6.58. The van der Waals surface area contributed by atoms with E-state index in [9.17, 15) is 9.59 Å². The van der Waals surface area contributed by atoms with Gasteiger partial charge >= 0.3 is 5.97 Å². The van der Waals surface area contributed by atoms with Crippen LogP contribution in [0.2, 0.25) is 0 Å². The van der Waals surface area contributed by atoms with E-state index in [1.54, 1.807) is 13.2 Å². The lowest BCUT2D eigenvalue weighted by Gasteiger charge is -2.05. The summed E-state index contributed by atoms with van der Waals surface area (Å²) >= 11 is 1.39. The summed E-state index contributed by atoms with van der Waals surface area (Å²) in [5.41, 5.74) is 0. The van der Waals surface area contributed by atoms with E-state index in [0.717, 1.165) is 0 Å². The van der Waals surface area contributed by atoms with E-state index in [-0.39, 0.29) is 18.5 Å². The number of rotatable bonds is 8. The maximum absolute atomic E-state index is 11.5. The first-order valence-electron chi connectivity index (χ1n) is 5.70. The average Bonchev–Trinajstić information content (AvgIpc) is 2.88. The Kier molecular flexibility index (Phi) is 7.05. The first-order chi connectivity index (χ1) is 8.74. The number of methoxy groups -OCH3 is 1. The van der Waals surface area contributed by atoms with E-state index < -0.39 is 0 Å². The van der Waals surface area contributed by atoms with E-state index in [0.29, 0.717) is 30.9 Å². The van der Waals surface area contributed by atoms with E-state index in [1.807, 2.05) is 11.4 Å². The predicted molar refractivity (Wildman–Crippen MR) is 68.7 cm³/mol. The van der Waals surface area contributed by atoms with Gasteiger partial charge in [0, 0.05) is 20.1 Å². The van der Waals surface area contributed by atoms with Crippen LogP contribution in [-0.2, 0) is 14.3 Å². The van der Waals surface area contributed by atoms with Crippen molar-refractivity contribution in [1.82, 2.24) is 5.32 Å². The molecule has 0 atom stereocenters. The molecule has 0 bridgehead atoms. The molecule has 1 amide bonds. The fraction of sp³-hybridized carbons (Fsp3) is 0.500. The predicted octanol–water partition coefficient (Wildman–Crippen LogP) is 1.45. The summed E-state index contributed by atoms with van der Waals surface area (Å²) in [4.78, 5) is 23.4. The summed E-state index contributed by atoms with van der Waals surface area (Å²) in [5.74, 6) is -0.366. The van der Waals surface area contributed by atoms with Gasteiger partial charge in [-0.3, -0.25) is 9.59 Å². The standard InChI is InChI=1S/C12H17NO4S/c1-16-7-8-17-11(14)5-2-6-13-12(15)10-4-3-9-18-10/h3-4,9H,2,5-8H2,1H3,(H,13,15). The third kappa shape index (κ3) is 5.79. The number of esters is 1. The van der Waals surface area contributed by atoms with Gasteiger partial charge in [0.15, 0.2) is 0 Å². The molecule has 1 aromatic heterocycles. The molecule has 1 aromatic rings. The summed E-state index contributed by atoms with van der Waals surface area (Å²) in [6, 6.07) is 3.59. The first kappa shape index (κ1) is 14.7. The summed E-state index contributed by atoms with van der Waals surface area (Å²) in [7, 11) is 1.55. The molecule has 0 spiro atoms. The molecular weight excluding hydrogens is 254 g/mol. The van der Waals surface area contributed by atoms with Crippen molar-refractivity contribution in [3.8, 4) is 0 Å². The normalized spacial score (nSPS) is 10.1. The lowest BCUT2D eigenvalue weighted by atomic mass is 10.3. The van der Waals surface area contributed by atoms with Gasteiger partial charge in [0.1, 0.15) is 6.61 Å². The molecule has 1 heterocycles. The minimum absolute atomic E-state index is 0.0993. The van der Waals surface area contributed by atoms with E-state index in [2.05, 4.69) is 5.32 Å². The SMILES string of the molecule is COCCOC(=O)CCCNC(=O)c1cccs1. The van der Waals surface area contributed by atoms with E-state index >= 15 is 0 Å². The number of amides is 1. The fourth-order valence-electron chi connectivity index (χ4n) is 1.24. The van der Waals surface area contributed by atoms with Gasteiger partial charge in [-0.2, -0.15) is 0 Å². The lowest BCUT2D eigenvalue weighted by molar-refractivity contribution is -0.144. The Bertz CT molecular complexity index is 364. The second kappa shape index (κ2) is 8.66. The van der Waals surface area contributed by atoms with Crippen molar-refractivity contribution in [2.75, 3.05) is 26.9 Å². The smallest absolute Gasteiger partial charge is 0.305 e. The number of hydrogen-bond donors (Lipinski definition) is 1. The summed E-state index contributed by atoms with van der Waals surface area (Å²) in [6.45, 7) is 1.15. The van der Waals surface area contributed by atoms with E-state index in [1.165, 1.54) is 11.3 Å². The zero-order chi connectivity index (χ0) is 13.2. The van der Waals surface area contributed by atoms with Crippen molar-refractivity contribution in [3.63, 3.8) is 0 Å². The number of carbonyl (C=O) groups excluding carboxylic acids is 2. The molecule has 0 aliphatic heterocycles. The molecule has 0 aromatic carbocycles. The molecule has 0 saturated carbocycles. The number of hydrogen-bond acceptors (Lipinski definition) is 5. The highest BCUT2D eigenvalue weighted by molar-refractivity contribution is 7.12. The molecular formula is C12H17NO4S. The molecule has 1 N–H and O–H groups in total. The summed E-state index contributed by atoms with van der Waals surface area (Å²) in [6.07, 6.45) is 0.872. The van der Waals surface area contributed by atoms with Crippen molar-refractivity contribution in [2.45, 2.75) is 12.8 Å². The van der Waals surface area contributed by atoms with Crippen LogP contribution in [0.4, 0.5) is 0 Å². The second-order valence-corrected chi connectivity index (χ2v) is 4.50. The van der Waals surface area contributed by atoms with Crippen molar-refractivity contribution in [3.05, 3.63) is 22.4 Å². The number of ether oxygens (including phenoxy) is 2. The molecule has 0 fully saturated rings. The van der Waals surface area contributed by atoms with Gasteiger partial charge in [-0.05, 0) is 17.9 Å². The third-order valence-corrected chi connectivity index (χ3v) is 3.01. The molecule has 0 aliphatic rings. The van der Waals surface area contributed by atoms with Gasteiger partial charge in [0.05, 0.1) is 11.5 Å². The van der Waals surface area contributed by atoms with Gasteiger partial charge in [0.2, 0.25) is 0 Å². The minimum Gasteiger partial charge on any atom is -0.463 e. The third-order valence-electron chi connectivity index (χ3n) is 2.14. The average molecular weight is 271 g/mol. The number of thiophene rings is 1. The van der Waals surface area contributed by atoms with Crippen LogP contribution in [0.3, 0.4) is 0 Å². The van der Waals surface area contributed by atoms with Crippen molar-refractivity contribution >= 4 is 23.2 Å². The van der Waals surface area contributed by atoms with Gasteiger partial charge < -0.3 is 14.8 Å². The van der Waals surface area contributed by atoms with Gasteiger partial charge in [0.25, 0.3) is 5.91 Å². The molecule has 6 heteroatoms. The van der Waals surface area contributed by atoms with Gasteiger partial charge in [-0.25, -0.2) is 0 Å². The Labute approximate surface area is 110 Å². The van der Waals surface area contributed by atoms with Crippen LogP contribution < -0.4 is 5.32 Å². The monoisotopic (exact) mass is 271 g/mol. The lowest BCUT2D eigenvalue weighted by Crippen LogP contribution is -2.24. The van der Waals surface area contributed by atoms with Crippen LogP contribution in [0.1, 0.15) is 22.5 Å². The van der Waals surface area contributed by atoms with Crippen LogP contribution >= 0.6 is 11.3 Å². The Hall–Kier alpha value is -1.40. The van der Waals surface area contributed by atoms with Crippen molar-refractivity contribution < 1.29 is 19.1 Å². The molecule has 1 rings (SSSR count). The van der Waals surface area contributed by atoms with Crippen molar-refractivity contribution in [1.29, 1.82) is 0 Å². The highest BCUT2D eigenvalue weighted by atomic mass is 32.1. The number of carbonyl (C=O) groups is 2. The largest absolute Gasteiger partial charge is 0.463 e. The zero-order valence-electron chi connectivity index (χ0n) is 10.3. The quantitative estimate of drug-likeness (QED) is 0.574. The number of nitrogens with one attached hydrogen (secondary N) is 1. The summed E-state index contributed by atoms with van der Waals surface area (Å²) < 4.78 is 9.64. The molecule has 0 saturated heterocycles. The molecule has 18 heavy (non-hydrogen) atoms. The second-order valence-electron chi connectivity index (χ2n) is 3.55. The molecule has 100 valence electrons. The summed E-state index contributed by atoms with van der Waals surface area (Å²) in [5, 5.41) is 4.60. The maximum atomic E-state index is 11.5. The van der Waals surface area contributed by atoms with Crippen molar-refractivity contribution in [2.24, 2.45) is 0 Å². The van der Waals surface area contributed by atoms with Gasteiger partial charge in [-0.1, -0.05) is 6.07 Å². The van der Waals surface area contributed by atoms with Crippen LogP contribution in [-0.4, -0.2) is 38.7 Å². The molecule has 0 radical (unpaired) electrons. The van der Waals surface area contributed by atoms with Crippen LogP contribution in [0.25, 0.3) is 0 Å². The minimum atomic E-state index is -0.266. The molecule has 0 aliphatic carbocycles. The fourth-order valence-corrected chi connectivity index (χ4v) is 1.88. The van der Waals surface area contributed by atoms with Crippen LogP contribution in [0.15, 0.2) is 17.5 Å². The Morgan fingerprint density at radius 2 is 2.22 bits per heavy atom. The van der Waals surface area contributed by atoms with Gasteiger partial charge in [-0.15, -0.1) is 11.3 Å². The zero-order valence-corrected chi connectivity index (χ0v) is 11.1. The highest BCUT2D eigenvalue weighted by Gasteiger charge is 2.06. The Balaban J connectivity index is 2.04. The maximum Gasteiger partial charge on any atom is 0.305 e. The topological polar surface area (TPSA) is 64.6 Å². The molecule has 5 nitrogen and oxygen atoms in total. The highest BCUT2D eigenvalue weighted by Crippen LogP contribution is 2.07. The van der Waals surface area contributed by atoms with Crippen LogP contribution in [0.5, 0.6) is 0 Å². The molecule has 0 unspecified atom stereocenters. The van der Waals surface area contributed by atoms with E-state index in [4.69, 9.17) is 9.47 Å². The van der Waals surface area contributed by atoms with Crippen LogP contribution in [0, 0.1) is 0 Å². The Morgan fingerprint density at radius 1 is 1.39 bits per heavy atom.